The summed E-state index contributed by atoms with van der Waals surface area (Å²) in [6.45, 7) is 10.4. The van der Waals surface area contributed by atoms with E-state index in [9.17, 15) is 18.0 Å². The highest BCUT2D eigenvalue weighted by molar-refractivity contribution is 5.77. The number of rotatable bonds is 5. The van der Waals surface area contributed by atoms with Crippen LogP contribution in [0.1, 0.15) is 62.8 Å². The average molecular weight is 502 g/mol. The van der Waals surface area contributed by atoms with Gasteiger partial charge in [0.25, 0.3) is 0 Å². The largest absolute Gasteiger partial charge is 0.416 e. The van der Waals surface area contributed by atoms with Gasteiger partial charge in [-0.1, -0.05) is 63.2 Å². The number of carbonyl (C=O) groups is 1. The van der Waals surface area contributed by atoms with E-state index in [0.717, 1.165) is 37.1 Å². The van der Waals surface area contributed by atoms with Crippen LogP contribution in [0.5, 0.6) is 0 Å². The molecule has 4 rings (SSSR count). The lowest BCUT2D eigenvalue weighted by molar-refractivity contribution is -0.141. The number of benzene rings is 2. The number of piperazine rings is 1. The minimum atomic E-state index is -4.36. The molecular formula is C29H38F3N3O. The number of hydrogen-bond donors (Lipinski definition) is 1. The van der Waals surface area contributed by atoms with Gasteiger partial charge in [-0.2, -0.15) is 13.2 Å². The van der Waals surface area contributed by atoms with E-state index >= 15 is 0 Å². The minimum Gasteiger partial charge on any atom is -0.337 e. The number of amides is 1. The molecule has 2 heterocycles. The summed E-state index contributed by atoms with van der Waals surface area (Å²) >= 11 is 0. The molecule has 1 amide bonds. The number of halogens is 3. The number of nitrogens with one attached hydrogen (secondary N) is 1. The van der Waals surface area contributed by atoms with E-state index in [0.29, 0.717) is 32.0 Å². The molecule has 0 aromatic heterocycles. The van der Waals surface area contributed by atoms with Crippen molar-refractivity contribution in [3.8, 4) is 0 Å². The van der Waals surface area contributed by atoms with Crippen LogP contribution in [0.15, 0.2) is 54.6 Å². The van der Waals surface area contributed by atoms with Gasteiger partial charge in [-0.25, -0.2) is 0 Å². The van der Waals surface area contributed by atoms with Crippen molar-refractivity contribution < 1.29 is 18.0 Å². The second-order valence-electron chi connectivity index (χ2n) is 11.3. The summed E-state index contributed by atoms with van der Waals surface area (Å²) in [4.78, 5) is 17.9. The number of piperidine rings is 1. The third-order valence-electron chi connectivity index (χ3n) is 7.69. The second kappa shape index (κ2) is 10.9. The van der Waals surface area contributed by atoms with Gasteiger partial charge in [0.2, 0.25) is 5.91 Å². The summed E-state index contributed by atoms with van der Waals surface area (Å²) < 4.78 is 39.6. The van der Waals surface area contributed by atoms with Crippen molar-refractivity contribution in [1.29, 1.82) is 0 Å². The smallest absolute Gasteiger partial charge is 0.337 e. The first-order valence-corrected chi connectivity index (χ1v) is 13.0. The Labute approximate surface area is 212 Å². The Morgan fingerprint density at radius 2 is 1.56 bits per heavy atom. The zero-order valence-corrected chi connectivity index (χ0v) is 21.5. The van der Waals surface area contributed by atoms with Crippen LogP contribution in [0.2, 0.25) is 0 Å². The van der Waals surface area contributed by atoms with Gasteiger partial charge in [0.15, 0.2) is 0 Å². The lowest BCUT2D eigenvalue weighted by Crippen LogP contribution is -2.60. The van der Waals surface area contributed by atoms with Crippen molar-refractivity contribution >= 4 is 5.91 Å². The maximum absolute atomic E-state index is 13.5. The van der Waals surface area contributed by atoms with Crippen molar-refractivity contribution in [3.05, 3.63) is 71.3 Å². The van der Waals surface area contributed by atoms with Crippen LogP contribution in [0.3, 0.4) is 0 Å². The van der Waals surface area contributed by atoms with E-state index < -0.39 is 11.7 Å². The van der Waals surface area contributed by atoms with Crippen molar-refractivity contribution in [1.82, 2.24) is 15.1 Å². The highest BCUT2D eigenvalue weighted by Gasteiger charge is 2.40. The monoisotopic (exact) mass is 501 g/mol. The van der Waals surface area contributed by atoms with Crippen LogP contribution in [0.4, 0.5) is 13.2 Å². The quantitative estimate of drug-likeness (QED) is 0.567. The van der Waals surface area contributed by atoms with Crippen LogP contribution < -0.4 is 5.32 Å². The van der Waals surface area contributed by atoms with Crippen LogP contribution in [-0.4, -0.2) is 54.5 Å². The summed E-state index contributed by atoms with van der Waals surface area (Å²) in [5, 5.41) is 3.37. The van der Waals surface area contributed by atoms with Crippen molar-refractivity contribution in [2.24, 2.45) is 11.3 Å². The molecular weight excluding hydrogens is 463 g/mol. The zero-order chi connectivity index (χ0) is 25.9. The molecule has 2 fully saturated rings. The maximum atomic E-state index is 13.5. The molecule has 7 heteroatoms. The number of carbonyl (C=O) groups excluding carboxylic acids is 1. The van der Waals surface area contributed by atoms with Crippen molar-refractivity contribution in [2.75, 3.05) is 32.7 Å². The summed E-state index contributed by atoms with van der Waals surface area (Å²) in [7, 11) is 0. The summed E-state index contributed by atoms with van der Waals surface area (Å²) in [5.41, 5.74) is 1.10. The summed E-state index contributed by atoms with van der Waals surface area (Å²) in [6, 6.07) is 15.3. The van der Waals surface area contributed by atoms with E-state index in [4.69, 9.17) is 0 Å². The van der Waals surface area contributed by atoms with E-state index in [2.05, 4.69) is 35.9 Å². The molecule has 0 radical (unpaired) electrons. The Kier molecular flexibility index (Phi) is 8.10. The van der Waals surface area contributed by atoms with Gasteiger partial charge in [-0.05, 0) is 60.5 Å². The first-order valence-electron chi connectivity index (χ1n) is 13.0. The third kappa shape index (κ3) is 6.30. The normalized spacial score (nSPS) is 21.4. The first kappa shape index (κ1) is 26.7. The van der Waals surface area contributed by atoms with E-state index in [1.165, 1.54) is 12.1 Å². The van der Waals surface area contributed by atoms with Crippen molar-refractivity contribution in [2.45, 2.75) is 58.3 Å². The van der Waals surface area contributed by atoms with E-state index in [-0.39, 0.29) is 23.4 Å². The van der Waals surface area contributed by atoms with E-state index in [1.807, 2.05) is 30.3 Å². The Hall–Kier alpha value is -2.38. The van der Waals surface area contributed by atoms with E-state index in [1.54, 1.807) is 12.1 Å². The van der Waals surface area contributed by atoms with Gasteiger partial charge in [0, 0.05) is 32.1 Å². The third-order valence-corrected chi connectivity index (χ3v) is 7.69. The SMILES string of the molecule is CC(C)(C)C1CN(C(c2ccccc2)c2ccc(C(F)(F)F)cc2)CCN1C(=O)CC1CCNCC1. The van der Waals surface area contributed by atoms with Crippen LogP contribution in [-0.2, 0) is 11.0 Å². The predicted molar refractivity (Wildman–Crippen MR) is 136 cm³/mol. The van der Waals surface area contributed by atoms with Crippen LogP contribution in [0.25, 0.3) is 0 Å². The highest BCUT2D eigenvalue weighted by atomic mass is 19.4. The molecule has 0 saturated carbocycles. The Morgan fingerprint density at radius 3 is 2.14 bits per heavy atom. The Balaban J connectivity index is 1.59. The van der Waals surface area contributed by atoms with Crippen molar-refractivity contribution in [3.63, 3.8) is 0 Å². The predicted octanol–water partition coefficient (Wildman–Crippen LogP) is 5.74. The van der Waals surface area contributed by atoms with Gasteiger partial charge in [0.05, 0.1) is 11.6 Å². The lowest BCUT2D eigenvalue weighted by Gasteiger charge is -2.49. The molecule has 1 N–H and O–H groups in total. The molecule has 196 valence electrons. The maximum Gasteiger partial charge on any atom is 0.416 e. The average Bonchev–Trinajstić information content (AvgIpc) is 2.85. The fourth-order valence-electron chi connectivity index (χ4n) is 5.63. The fourth-order valence-corrected chi connectivity index (χ4v) is 5.63. The molecule has 2 aromatic carbocycles. The van der Waals surface area contributed by atoms with Gasteiger partial charge in [0.1, 0.15) is 0 Å². The number of alkyl halides is 3. The number of nitrogens with zero attached hydrogens (tertiary/aromatic N) is 2. The van der Waals surface area contributed by atoms with Crippen LogP contribution in [0, 0.1) is 11.3 Å². The Bertz CT molecular complexity index is 995. The van der Waals surface area contributed by atoms with Crippen LogP contribution >= 0.6 is 0 Å². The van der Waals surface area contributed by atoms with Gasteiger partial charge >= 0.3 is 6.18 Å². The van der Waals surface area contributed by atoms with Gasteiger partial charge < -0.3 is 10.2 Å². The molecule has 2 atom stereocenters. The molecule has 2 saturated heterocycles. The molecule has 4 nitrogen and oxygen atoms in total. The molecule has 2 aromatic rings. The molecule has 36 heavy (non-hydrogen) atoms. The molecule has 0 spiro atoms. The second-order valence-corrected chi connectivity index (χ2v) is 11.3. The minimum absolute atomic E-state index is 0.0149. The molecule has 0 bridgehead atoms. The lowest BCUT2D eigenvalue weighted by atomic mass is 9.82. The zero-order valence-electron chi connectivity index (χ0n) is 21.5. The molecule has 2 unspecified atom stereocenters. The molecule has 2 aliphatic rings. The molecule has 2 aliphatic heterocycles. The van der Waals surface area contributed by atoms with Gasteiger partial charge in [-0.3, -0.25) is 9.69 Å². The summed E-state index contributed by atoms with van der Waals surface area (Å²) in [6.07, 6.45) is -1.69. The topological polar surface area (TPSA) is 35.6 Å². The Morgan fingerprint density at radius 1 is 0.944 bits per heavy atom. The number of hydrogen-bond acceptors (Lipinski definition) is 3. The van der Waals surface area contributed by atoms with Gasteiger partial charge in [-0.15, -0.1) is 0 Å². The standard InChI is InChI=1S/C29H38F3N3O/c1-28(2,3)25-20-34(17-18-35(25)26(36)19-21-13-15-33-16-14-21)27(22-7-5-4-6-8-22)23-9-11-24(12-10-23)29(30,31)32/h4-12,21,25,27,33H,13-20H2,1-3H3. The summed E-state index contributed by atoms with van der Waals surface area (Å²) in [5.74, 6) is 0.661. The highest BCUT2D eigenvalue weighted by Crippen LogP contribution is 2.37. The molecule has 0 aliphatic carbocycles. The first-order chi connectivity index (χ1) is 17.0. The fraction of sp³-hybridized carbons (Fsp3) is 0.552.